The molecule has 0 unspecified atom stereocenters. The van der Waals surface area contributed by atoms with Crippen molar-refractivity contribution in [2.45, 2.75) is 4.90 Å². The summed E-state index contributed by atoms with van der Waals surface area (Å²) in [7, 11) is -3.98. The average molecular weight is 309 g/mol. The van der Waals surface area contributed by atoms with Crippen molar-refractivity contribution in [2.75, 3.05) is 4.72 Å². The summed E-state index contributed by atoms with van der Waals surface area (Å²) in [5.74, 6) is -1.77. The summed E-state index contributed by atoms with van der Waals surface area (Å²) in [5.41, 5.74) is 0.834. The SMILES string of the molecule is O=S(=O)(Nc1ccc(F)cc1F)c1ccc2nc[nH]c2c1. The van der Waals surface area contributed by atoms with Crippen LogP contribution in [-0.2, 0) is 10.0 Å². The van der Waals surface area contributed by atoms with Gasteiger partial charge in [0.1, 0.15) is 11.6 Å². The Balaban J connectivity index is 1.99. The highest BCUT2D eigenvalue weighted by molar-refractivity contribution is 7.92. The molecule has 3 aromatic rings. The molecule has 5 nitrogen and oxygen atoms in total. The van der Waals surface area contributed by atoms with Crippen LogP contribution in [0.4, 0.5) is 14.5 Å². The van der Waals surface area contributed by atoms with Crippen LogP contribution in [0.25, 0.3) is 11.0 Å². The fourth-order valence-corrected chi connectivity index (χ4v) is 2.95. The van der Waals surface area contributed by atoms with E-state index in [4.69, 9.17) is 0 Å². The molecule has 21 heavy (non-hydrogen) atoms. The fourth-order valence-electron chi connectivity index (χ4n) is 1.86. The first kappa shape index (κ1) is 13.5. The number of hydrogen-bond acceptors (Lipinski definition) is 3. The average Bonchev–Trinajstić information content (AvgIpc) is 2.89. The summed E-state index contributed by atoms with van der Waals surface area (Å²) >= 11 is 0. The molecule has 0 spiro atoms. The minimum atomic E-state index is -3.98. The maximum atomic E-state index is 13.5. The normalized spacial score (nSPS) is 11.7. The molecule has 0 fully saturated rings. The van der Waals surface area contributed by atoms with E-state index in [0.717, 1.165) is 12.1 Å². The van der Waals surface area contributed by atoms with Gasteiger partial charge in [-0.15, -0.1) is 0 Å². The molecule has 0 radical (unpaired) electrons. The Hall–Kier alpha value is -2.48. The molecule has 2 aromatic carbocycles. The van der Waals surface area contributed by atoms with Gasteiger partial charge >= 0.3 is 0 Å². The third kappa shape index (κ3) is 2.57. The number of aromatic amines is 1. The smallest absolute Gasteiger partial charge is 0.262 e. The first-order valence-electron chi connectivity index (χ1n) is 5.87. The van der Waals surface area contributed by atoms with Gasteiger partial charge in [-0.25, -0.2) is 22.2 Å². The van der Waals surface area contributed by atoms with E-state index in [0.29, 0.717) is 17.1 Å². The van der Waals surface area contributed by atoms with Crippen molar-refractivity contribution in [3.05, 3.63) is 54.4 Å². The van der Waals surface area contributed by atoms with Gasteiger partial charge in [0.05, 0.1) is 27.9 Å². The van der Waals surface area contributed by atoms with Gasteiger partial charge in [-0.05, 0) is 30.3 Å². The van der Waals surface area contributed by atoms with Crippen molar-refractivity contribution in [3.63, 3.8) is 0 Å². The Labute approximate surface area is 118 Å². The maximum absolute atomic E-state index is 13.5. The Morgan fingerprint density at radius 2 is 1.90 bits per heavy atom. The second kappa shape index (κ2) is 4.81. The van der Waals surface area contributed by atoms with Gasteiger partial charge in [0.15, 0.2) is 0 Å². The lowest BCUT2D eigenvalue weighted by molar-refractivity contribution is 0.583. The van der Waals surface area contributed by atoms with Gasteiger partial charge in [0, 0.05) is 6.07 Å². The second-order valence-corrected chi connectivity index (χ2v) is 5.99. The summed E-state index contributed by atoms with van der Waals surface area (Å²) in [5, 5.41) is 0. The molecular formula is C13H9F2N3O2S. The molecule has 3 rings (SSSR count). The van der Waals surface area contributed by atoms with Crippen LogP contribution in [0.3, 0.4) is 0 Å². The van der Waals surface area contributed by atoms with E-state index in [-0.39, 0.29) is 10.6 Å². The van der Waals surface area contributed by atoms with Gasteiger partial charge in [-0.3, -0.25) is 4.72 Å². The third-order valence-electron chi connectivity index (χ3n) is 2.88. The summed E-state index contributed by atoms with van der Waals surface area (Å²) in [4.78, 5) is 6.71. The Bertz CT molecular complexity index is 922. The lowest BCUT2D eigenvalue weighted by atomic mass is 10.3. The van der Waals surface area contributed by atoms with Crippen molar-refractivity contribution in [1.82, 2.24) is 9.97 Å². The molecule has 0 amide bonds. The summed E-state index contributed by atoms with van der Waals surface area (Å²) in [6.45, 7) is 0. The quantitative estimate of drug-likeness (QED) is 0.781. The molecule has 0 bridgehead atoms. The molecule has 0 atom stereocenters. The van der Waals surface area contributed by atoms with Crippen molar-refractivity contribution in [2.24, 2.45) is 0 Å². The van der Waals surface area contributed by atoms with Gasteiger partial charge in [-0.2, -0.15) is 0 Å². The number of benzene rings is 2. The second-order valence-electron chi connectivity index (χ2n) is 4.31. The molecule has 1 heterocycles. The van der Waals surface area contributed by atoms with Crippen LogP contribution >= 0.6 is 0 Å². The third-order valence-corrected chi connectivity index (χ3v) is 4.24. The molecule has 0 aliphatic rings. The van der Waals surface area contributed by atoms with Gasteiger partial charge in [0.25, 0.3) is 10.0 Å². The van der Waals surface area contributed by atoms with Crippen LogP contribution in [0.1, 0.15) is 0 Å². The van der Waals surface area contributed by atoms with Gasteiger partial charge in [-0.1, -0.05) is 0 Å². The highest BCUT2D eigenvalue weighted by Crippen LogP contribution is 2.21. The molecule has 0 saturated carbocycles. The zero-order chi connectivity index (χ0) is 15.0. The summed E-state index contributed by atoms with van der Waals surface area (Å²) in [6.07, 6.45) is 1.44. The number of fused-ring (bicyclic) bond motifs is 1. The van der Waals surface area contributed by atoms with Crippen LogP contribution < -0.4 is 4.72 Å². The zero-order valence-electron chi connectivity index (χ0n) is 10.5. The highest BCUT2D eigenvalue weighted by atomic mass is 32.2. The van der Waals surface area contributed by atoms with E-state index < -0.39 is 21.7 Å². The molecule has 0 aliphatic heterocycles. The van der Waals surface area contributed by atoms with Crippen molar-refractivity contribution in [3.8, 4) is 0 Å². The van der Waals surface area contributed by atoms with Crippen molar-refractivity contribution in [1.29, 1.82) is 0 Å². The maximum Gasteiger partial charge on any atom is 0.262 e. The molecule has 2 N–H and O–H groups in total. The van der Waals surface area contributed by atoms with E-state index in [1.165, 1.54) is 24.5 Å². The lowest BCUT2D eigenvalue weighted by Gasteiger charge is -2.09. The predicted octanol–water partition coefficient (Wildman–Crippen LogP) is 2.64. The topological polar surface area (TPSA) is 74.8 Å². The Morgan fingerprint density at radius 3 is 2.67 bits per heavy atom. The number of sulfonamides is 1. The lowest BCUT2D eigenvalue weighted by Crippen LogP contribution is -2.14. The number of imidazole rings is 1. The predicted molar refractivity (Wildman–Crippen MR) is 73.3 cm³/mol. The number of anilines is 1. The van der Waals surface area contributed by atoms with Crippen LogP contribution in [0, 0.1) is 11.6 Å². The molecule has 108 valence electrons. The van der Waals surface area contributed by atoms with Gasteiger partial charge in [0.2, 0.25) is 0 Å². The van der Waals surface area contributed by atoms with Gasteiger partial charge < -0.3 is 4.98 Å². The zero-order valence-corrected chi connectivity index (χ0v) is 11.3. The number of nitrogens with zero attached hydrogens (tertiary/aromatic N) is 1. The standard InChI is InChI=1S/C13H9F2N3O2S/c14-8-1-3-11(10(15)5-8)18-21(19,20)9-2-4-12-13(6-9)17-7-16-12/h1-7,18H,(H,16,17). The number of hydrogen-bond donors (Lipinski definition) is 2. The van der Waals surface area contributed by atoms with E-state index in [1.807, 2.05) is 0 Å². The van der Waals surface area contributed by atoms with Crippen LogP contribution in [-0.4, -0.2) is 18.4 Å². The minimum Gasteiger partial charge on any atom is -0.345 e. The molecule has 0 saturated heterocycles. The number of H-pyrrole nitrogens is 1. The monoisotopic (exact) mass is 309 g/mol. The van der Waals surface area contributed by atoms with E-state index in [9.17, 15) is 17.2 Å². The Kier molecular flexibility index (Phi) is 3.09. The summed E-state index contributed by atoms with van der Waals surface area (Å²) < 4.78 is 52.8. The number of aromatic nitrogens is 2. The first-order chi connectivity index (χ1) is 9.95. The molecule has 1 aromatic heterocycles. The van der Waals surface area contributed by atoms with Crippen LogP contribution in [0.5, 0.6) is 0 Å². The highest BCUT2D eigenvalue weighted by Gasteiger charge is 2.17. The van der Waals surface area contributed by atoms with Crippen LogP contribution in [0.15, 0.2) is 47.6 Å². The number of halogens is 2. The van der Waals surface area contributed by atoms with E-state index in [2.05, 4.69) is 14.7 Å². The molecule has 0 aliphatic carbocycles. The number of nitrogens with one attached hydrogen (secondary N) is 2. The molecular weight excluding hydrogens is 300 g/mol. The van der Waals surface area contributed by atoms with E-state index >= 15 is 0 Å². The van der Waals surface area contributed by atoms with Crippen LogP contribution in [0.2, 0.25) is 0 Å². The minimum absolute atomic E-state index is 0.0528. The molecule has 8 heteroatoms. The van der Waals surface area contributed by atoms with Crippen molar-refractivity contribution >= 4 is 26.7 Å². The Morgan fingerprint density at radius 1 is 1.10 bits per heavy atom. The number of rotatable bonds is 3. The largest absolute Gasteiger partial charge is 0.345 e. The fraction of sp³-hybridized carbons (Fsp3) is 0. The van der Waals surface area contributed by atoms with Crippen molar-refractivity contribution < 1.29 is 17.2 Å². The summed E-state index contributed by atoms with van der Waals surface area (Å²) in [6, 6.07) is 6.87. The first-order valence-corrected chi connectivity index (χ1v) is 7.35. The van der Waals surface area contributed by atoms with E-state index in [1.54, 1.807) is 0 Å².